The minimum Gasteiger partial charge on any atom is -0.381 e. The lowest BCUT2D eigenvalue weighted by Gasteiger charge is -2.43. The summed E-state index contributed by atoms with van der Waals surface area (Å²) in [5.41, 5.74) is 5.93. The minimum absolute atomic E-state index is 0.274. The molecule has 2 rings (SSSR count). The maximum atomic E-state index is 12.9. The molecule has 0 bridgehead atoms. The highest BCUT2D eigenvalue weighted by Gasteiger charge is 2.42. The number of nitrogens with zero attached hydrogens (tertiary/aromatic N) is 1. The molecule has 2 heterocycles. The van der Waals surface area contributed by atoms with Crippen molar-refractivity contribution in [3.05, 3.63) is 0 Å². The molecule has 0 aromatic heterocycles. The largest absolute Gasteiger partial charge is 0.381 e. The van der Waals surface area contributed by atoms with E-state index in [0.717, 1.165) is 44.7 Å². The summed E-state index contributed by atoms with van der Waals surface area (Å²) in [6.07, 6.45) is 3.79. The van der Waals surface area contributed by atoms with Crippen LogP contribution in [0.3, 0.4) is 0 Å². The summed E-state index contributed by atoms with van der Waals surface area (Å²) in [5.74, 6) is 0.991. The normalized spacial score (nSPS) is 24.7. The van der Waals surface area contributed by atoms with Crippen LogP contribution < -0.4 is 5.73 Å². The van der Waals surface area contributed by atoms with Crippen LogP contribution in [0.1, 0.15) is 46.5 Å². The lowest BCUT2D eigenvalue weighted by Crippen LogP contribution is -2.53. The molecule has 1 amide bonds. The second kappa shape index (κ2) is 6.02. The fraction of sp³-hybridized carbons (Fsp3) is 0.938. The van der Waals surface area contributed by atoms with Gasteiger partial charge in [-0.3, -0.25) is 4.79 Å². The highest BCUT2D eigenvalue weighted by molar-refractivity contribution is 5.83. The number of rotatable bonds is 2. The van der Waals surface area contributed by atoms with Gasteiger partial charge in [-0.05, 0) is 37.0 Å². The molecule has 0 spiro atoms. The zero-order chi connectivity index (χ0) is 14.8. The van der Waals surface area contributed by atoms with Crippen molar-refractivity contribution in [2.24, 2.45) is 22.5 Å². The van der Waals surface area contributed by atoms with Crippen molar-refractivity contribution in [1.29, 1.82) is 0 Å². The third-order valence-corrected chi connectivity index (χ3v) is 5.30. The van der Waals surface area contributed by atoms with Gasteiger partial charge in [-0.15, -0.1) is 0 Å². The van der Waals surface area contributed by atoms with Crippen LogP contribution in [0.5, 0.6) is 0 Å². The topological polar surface area (TPSA) is 55.6 Å². The van der Waals surface area contributed by atoms with E-state index >= 15 is 0 Å². The Morgan fingerprint density at radius 1 is 1.25 bits per heavy atom. The van der Waals surface area contributed by atoms with Crippen LogP contribution in [0.2, 0.25) is 0 Å². The second-order valence-electron chi connectivity index (χ2n) is 7.53. The van der Waals surface area contributed by atoms with Crippen molar-refractivity contribution in [3.8, 4) is 0 Å². The minimum atomic E-state index is -0.354. The Kier molecular flexibility index (Phi) is 4.75. The molecule has 2 aliphatic rings. The Morgan fingerprint density at radius 3 is 2.25 bits per heavy atom. The summed E-state index contributed by atoms with van der Waals surface area (Å²) < 4.78 is 5.40. The molecule has 0 atom stereocenters. The Morgan fingerprint density at radius 2 is 1.80 bits per heavy atom. The molecule has 0 aromatic carbocycles. The van der Waals surface area contributed by atoms with Gasteiger partial charge in [0.25, 0.3) is 0 Å². The van der Waals surface area contributed by atoms with Crippen LogP contribution in [0.25, 0.3) is 0 Å². The highest BCUT2D eigenvalue weighted by atomic mass is 16.5. The molecule has 2 N–H and O–H groups in total. The summed E-state index contributed by atoms with van der Waals surface area (Å²) >= 11 is 0. The number of hydrogen-bond acceptors (Lipinski definition) is 3. The summed E-state index contributed by atoms with van der Waals surface area (Å²) in [7, 11) is 0. The van der Waals surface area contributed by atoms with Gasteiger partial charge in [-0.1, -0.05) is 20.8 Å². The number of hydrogen-bond donors (Lipinski definition) is 1. The van der Waals surface area contributed by atoms with Crippen LogP contribution in [-0.2, 0) is 9.53 Å². The number of likely N-dealkylation sites (tertiary alicyclic amines) is 1. The molecule has 0 aromatic rings. The van der Waals surface area contributed by atoms with Crippen molar-refractivity contribution >= 4 is 5.91 Å². The Labute approximate surface area is 123 Å². The van der Waals surface area contributed by atoms with Crippen molar-refractivity contribution in [3.63, 3.8) is 0 Å². The lowest BCUT2D eigenvalue weighted by molar-refractivity contribution is -0.149. The van der Waals surface area contributed by atoms with Gasteiger partial charge in [-0.25, -0.2) is 0 Å². The Bertz CT molecular complexity index is 335. The molecule has 4 nitrogen and oxygen atoms in total. The first-order valence-corrected chi connectivity index (χ1v) is 7.96. The molecule has 0 radical (unpaired) electrons. The number of carbonyl (C=O) groups is 1. The summed E-state index contributed by atoms with van der Waals surface area (Å²) in [6.45, 7) is 10.5. The summed E-state index contributed by atoms with van der Waals surface area (Å²) in [4.78, 5) is 14.9. The maximum Gasteiger partial charge on any atom is 0.230 e. The van der Waals surface area contributed by atoms with E-state index in [-0.39, 0.29) is 11.3 Å². The van der Waals surface area contributed by atoms with Crippen molar-refractivity contribution in [2.45, 2.75) is 46.5 Å². The van der Waals surface area contributed by atoms with Crippen LogP contribution in [0.15, 0.2) is 0 Å². The molecule has 20 heavy (non-hydrogen) atoms. The third-order valence-electron chi connectivity index (χ3n) is 5.30. The number of carbonyl (C=O) groups excluding carboxylic acids is 1. The van der Waals surface area contributed by atoms with Gasteiger partial charge < -0.3 is 15.4 Å². The predicted octanol–water partition coefficient (Wildman–Crippen LogP) is 2.03. The standard InChI is InChI=1S/C16H30N2O2/c1-15(2,3)13-4-8-18(9-5-13)14(19)16(12-17)6-10-20-11-7-16/h13H,4-12,17H2,1-3H3. The first kappa shape index (κ1) is 15.8. The van der Waals surface area contributed by atoms with E-state index < -0.39 is 0 Å². The second-order valence-corrected chi connectivity index (χ2v) is 7.53. The lowest BCUT2D eigenvalue weighted by atomic mass is 9.74. The van der Waals surface area contributed by atoms with Gasteiger partial charge >= 0.3 is 0 Å². The van der Waals surface area contributed by atoms with E-state index in [2.05, 4.69) is 25.7 Å². The maximum absolute atomic E-state index is 12.9. The average Bonchev–Trinajstić information content (AvgIpc) is 2.46. The molecule has 0 saturated carbocycles. The van der Waals surface area contributed by atoms with Crippen molar-refractivity contribution in [1.82, 2.24) is 4.90 Å². The Balaban J connectivity index is 1.97. The van der Waals surface area contributed by atoms with Crippen molar-refractivity contribution < 1.29 is 9.53 Å². The van der Waals surface area contributed by atoms with E-state index in [9.17, 15) is 4.79 Å². The van der Waals surface area contributed by atoms with Crippen molar-refractivity contribution in [2.75, 3.05) is 32.8 Å². The van der Waals surface area contributed by atoms with Crippen LogP contribution >= 0.6 is 0 Å². The average molecular weight is 282 g/mol. The molecule has 116 valence electrons. The molecule has 2 saturated heterocycles. The first-order valence-electron chi connectivity index (χ1n) is 7.96. The van der Waals surface area contributed by atoms with Crippen LogP contribution in [0.4, 0.5) is 0 Å². The van der Waals surface area contributed by atoms with Crippen LogP contribution in [0, 0.1) is 16.7 Å². The van der Waals surface area contributed by atoms with Gasteiger partial charge in [0.1, 0.15) is 0 Å². The predicted molar refractivity (Wildman–Crippen MR) is 80.3 cm³/mol. The fourth-order valence-electron chi connectivity index (χ4n) is 3.55. The Hall–Kier alpha value is -0.610. The zero-order valence-corrected chi connectivity index (χ0v) is 13.3. The van der Waals surface area contributed by atoms with E-state index in [4.69, 9.17) is 10.5 Å². The van der Waals surface area contributed by atoms with E-state index in [1.54, 1.807) is 0 Å². The molecule has 0 unspecified atom stereocenters. The van der Waals surface area contributed by atoms with Gasteiger partial charge in [0.2, 0.25) is 5.91 Å². The molecule has 0 aliphatic carbocycles. The number of amides is 1. The monoisotopic (exact) mass is 282 g/mol. The van der Waals surface area contributed by atoms with E-state index in [1.165, 1.54) is 0 Å². The van der Waals surface area contributed by atoms with Gasteiger partial charge in [0.15, 0.2) is 0 Å². The molecule has 2 aliphatic heterocycles. The van der Waals surface area contributed by atoms with E-state index in [1.807, 2.05) is 0 Å². The first-order chi connectivity index (χ1) is 9.39. The van der Waals surface area contributed by atoms with Gasteiger partial charge in [-0.2, -0.15) is 0 Å². The van der Waals surface area contributed by atoms with Gasteiger partial charge in [0, 0.05) is 32.8 Å². The fourth-order valence-corrected chi connectivity index (χ4v) is 3.55. The number of ether oxygens (including phenoxy) is 1. The SMILES string of the molecule is CC(C)(C)C1CCN(C(=O)C2(CN)CCOCC2)CC1. The highest BCUT2D eigenvalue weighted by Crippen LogP contribution is 2.37. The van der Waals surface area contributed by atoms with E-state index in [0.29, 0.717) is 25.2 Å². The smallest absolute Gasteiger partial charge is 0.230 e. The molecular weight excluding hydrogens is 252 g/mol. The molecule has 4 heteroatoms. The number of nitrogens with two attached hydrogens (primary N) is 1. The summed E-state index contributed by atoms with van der Waals surface area (Å²) in [6, 6.07) is 0. The quantitative estimate of drug-likeness (QED) is 0.843. The molecule has 2 fully saturated rings. The third kappa shape index (κ3) is 3.17. The zero-order valence-electron chi connectivity index (χ0n) is 13.3. The number of piperidine rings is 1. The van der Waals surface area contributed by atoms with Gasteiger partial charge in [0.05, 0.1) is 5.41 Å². The summed E-state index contributed by atoms with van der Waals surface area (Å²) in [5, 5.41) is 0. The van der Waals surface area contributed by atoms with Crippen LogP contribution in [-0.4, -0.2) is 43.7 Å². The molecular formula is C16H30N2O2.